The van der Waals surface area contributed by atoms with Crippen LogP contribution < -0.4 is 5.32 Å². The number of hydrogen-bond acceptors (Lipinski definition) is 2. The molecule has 0 aliphatic carbocycles. The van der Waals surface area contributed by atoms with Gasteiger partial charge >= 0.3 is 0 Å². The molecule has 0 aliphatic heterocycles. The lowest BCUT2D eigenvalue weighted by atomic mass is 9.97. The fourth-order valence-electron chi connectivity index (χ4n) is 2.30. The quantitative estimate of drug-likeness (QED) is 0.907. The minimum absolute atomic E-state index is 0.0196. The predicted molar refractivity (Wildman–Crippen MR) is 75.6 cm³/mol. The fraction of sp³-hybridized carbons (Fsp3) is 0.312. The van der Waals surface area contributed by atoms with Crippen molar-refractivity contribution in [2.75, 3.05) is 6.54 Å². The Hall–Kier alpha value is -1.74. The van der Waals surface area contributed by atoms with Gasteiger partial charge in [0.1, 0.15) is 5.82 Å². The van der Waals surface area contributed by atoms with E-state index in [1.54, 1.807) is 12.1 Å². The van der Waals surface area contributed by atoms with E-state index in [0.29, 0.717) is 0 Å². The first-order valence-corrected chi connectivity index (χ1v) is 6.54. The molecule has 1 N–H and O–H groups in total. The summed E-state index contributed by atoms with van der Waals surface area (Å²) in [7, 11) is 0. The van der Waals surface area contributed by atoms with Crippen LogP contribution in [0.1, 0.15) is 35.5 Å². The van der Waals surface area contributed by atoms with Gasteiger partial charge in [-0.15, -0.1) is 0 Å². The molecule has 19 heavy (non-hydrogen) atoms. The van der Waals surface area contributed by atoms with Crippen LogP contribution in [0.25, 0.3) is 0 Å². The SMILES string of the molecule is CCNC(c1cccc(F)c1)c1ccc(C)nc1C. The lowest BCUT2D eigenvalue weighted by Gasteiger charge is -2.20. The molecule has 3 heteroatoms. The Labute approximate surface area is 113 Å². The van der Waals surface area contributed by atoms with E-state index in [4.69, 9.17) is 0 Å². The summed E-state index contributed by atoms with van der Waals surface area (Å²) in [4.78, 5) is 4.49. The first kappa shape index (κ1) is 13.7. The zero-order chi connectivity index (χ0) is 13.8. The van der Waals surface area contributed by atoms with Gasteiger partial charge in [-0.2, -0.15) is 0 Å². The summed E-state index contributed by atoms with van der Waals surface area (Å²) in [5.74, 6) is -0.210. The maximum Gasteiger partial charge on any atom is 0.123 e. The minimum atomic E-state index is -0.210. The third-order valence-corrected chi connectivity index (χ3v) is 3.17. The molecule has 0 spiro atoms. The predicted octanol–water partition coefficient (Wildman–Crippen LogP) is 3.54. The third-order valence-electron chi connectivity index (χ3n) is 3.17. The monoisotopic (exact) mass is 258 g/mol. The smallest absolute Gasteiger partial charge is 0.123 e. The number of nitrogens with zero attached hydrogens (tertiary/aromatic N) is 1. The summed E-state index contributed by atoms with van der Waals surface area (Å²) >= 11 is 0. The Morgan fingerprint density at radius 3 is 2.63 bits per heavy atom. The number of hydrogen-bond donors (Lipinski definition) is 1. The van der Waals surface area contributed by atoms with Crippen molar-refractivity contribution in [2.24, 2.45) is 0 Å². The van der Waals surface area contributed by atoms with Crippen molar-refractivity contribution >= 4 is 0 Å². The van der Waals surface area contributed by atoms with Crippen molar-refractivity contribution in [1.29, 1.82) is 0 Å². The third kappa shape index (κ3) is 3.18. The Balaban J connectivity index is 2.45. The van der Waals surface area contributed by atoms with Crippen molar-refractivity contribution in [3.8, 4) is 0 Å². The molecule has 0 saturated heterocycles. The topological polar surface area (TPSA) is 24.9 Å². The first-order valence-electron chi connectivity index (χ1n) is 6.54. The van der Waals surface area contributed by atoms with Crippen LogP contribution in [0.15, 0.2) is 36.4 Å². The summed E-state index contributed by atoms with van der Waals surface area (Å²) < 4.78 is 13.4. The number of rotatable bonds is 4. The van der Waals surface area contributed by atoms with Crippen LogP contribution in [0.2, 0.25) is 0 Å². The zero-order valence-corrected chi connectivity index (χ0v) is 11.6. The molecule has 1 unspecified atom stereocenters. The number of benzene rings is 1. The van der Waals surface area contributed by atoms with E-state index >= 15 is 0 Å². The largest absolute Gasteiger partial charge is 0.306 e. The molecule has 1 aromatic heterocycles. The van der Waals surface area contributed by atoms with E-state index in [2.05, 4.69) is 16.4 Å². The fourth-order valence-corrected chi connectivity index (χ4v) is 2.30. The van der Waals surface area contributed by atoms with E-state index < -0.39 is 0 Å². The molecule has 2 aromatic rings. The van der Waals surface area contributed by atoms with Gasteiger partial charge in [0.05, 0.1) is 6.04 Å². The van der Waals surface area contributed by atoms with Gasteiger partial charge in [-0.25, -0.2) is 4.39 Å². The van der Waals surface area contributed by atoms with E-state index in [-0.39, 0.29) is 11.9 Å². The van der Waals surface area contributed by atoms with Crippen LogP contribution in [-0.4, -0.2) is 11.5 Å². The van der Waals surface area contributed by atoms with Gasteiger partial charge in [0.25, 0.3) is 0 Å². The normalized spacial score (nSPS) is 12.4. The molecule has 0 amide bonds. The number of aromatic nitrogens is 1. The highest BCUT2D eigenvalue weighted by molar-refractivity contribution is 5.34. The molecule has 2 rings (SSSR count). The maximum absolute atomic E-state index is 13.4. The second kappa shape index (κ2) is 5.93. The summed E-state index contributed by atoms with van der Waals surface area (Å²) in [5, 5.41) is 3.40. The molecule has 1 aromatic carbocycles. The van der Waals surface area contributed by atoms with E-state index in [1.807, 2.05) is 32.9 Å². The van der Waals surface area contributed by atoms with Crippen molar-refractivity contribution in [3.63, 3.8) is 0 Å². The highest BCUT2D eigenvalue weighted by Crippen LogP contribution is 2.24. The highest BCUT2D eigenvalue weighted by atomic mass is 19.1. The summed E-state index contributed by atoms with van der Waals surface area (Å²) in [5.41, 5.74) is 4.00. The average Bonchev–Trinajstić information content (AvgIpc) is 2.37. The second-order valence-corrected chi connectivity index (χ2v) is 4.67. The Kier molecular flexibility index (Phi) is 4.27. The molecule has 0 saturated carbocycles. The molecular weight excluding hydrogens is 239 g/mol. The van der Waals surface area contributed by atoms with Crippen molar-refractivity contribution < 1.29 is 4.39 Å². The minimum Gasteiger partial charge on any atom is -0.306 e. The van der Waals surface area contributed by atoms with E-state index in [0.717, 1.165) is 29.1 Å². The molecule has 0 bridgehead atoms. The van der Waals surface area contributed by atoms with Gasteiger partial charge in [0.15, 0.2) is 0 Å². The maximum atomic E-state index is 13.4. The summed E-state index contributed by atoms with van der Waals surface area (Å²) in [6, 6.07) is 10.8. The van der Waals surface area contributed by atoms with Gasteiger partial charge in [0.2, 0.25) is 0 Å². The Morgan fingerprint density at radius 2 is 2.00 bits per heavy atom. The molecule has 0 fully saturated rings. The van der Waals surface area contributed by atoms with Crippen LogP contribution in [-0.2, 0) is 0 Å². The van der Waals surface area contributed by atoms with Crippen molar-refractivity contribution in [3.05, 3.63) is 64.7 Å². The molecular formula is C16H19FN2. The van der Waals surface area contributed by atoms with Gasteiger partial charge in [-0.3, -0.25) is 4.98 Å². The highest BCUT2D eigenvalue weighted by Gasteiger charge is 2.16. The lowest BCUT2D eigenvalue weighted by molar-refractivity contribution is 0.600. The average molecular weight is 258 g/mol. The number of aryl methyl sites for hydroxylation is 2. The first-order chi connectivity index (χ1) is 9.11. The molecule has 1 heterocycles. The van der Waals surface area contributed by atoms with Crippen LogP contribution in [0.3, 0.4) is 0 Å². The van der Waals surface area contributed by atoms with E-state index in [1.165, 1.54) is 6.07 Å². The zero-order valence-electron chi connectivity index (χ0n) is 11.6. The van der Waals surface area contributed by atoms with Gasteiger partial charge in [0, 0.05) is 11.4 Å². The molecule has 1 atom stereocenters. The second-order valence-electron chi connectivity index (χ2n) is 4.67. The number of nitrogens with one attached hydrogen (secondary N) is 1. The summed E-state index contributed by atoms with van der Waals surface area (Å²) in [6.07, 6.45) is 0. The Bertz CT molecular complexity index is 566. The van der Waals surface area contributed by atoms with Gasteiger partial charge in [-0.05, 0) is 49.7 Å². The number of halogens is 1. The van der Waals surface area contributed by atoms with Crippen molar-refractivity contribution in [1.82, 2.24) is 10.3 Å². The van der Waals surface area contributed by atoms with Crippen LogP contribution in [0, 0.1) is 19.7 Å². The lowest BCUT2D eigenvalue weighted by Crippen LogP contribution is -2.23. The van der Waals surface area contributed by atoms with Crippen LogP contribution in [0.5, 0.6) is 0 Å². The molecule has 0 radical (unpaired) electrons. The Morgan fingerprint density at radius 1 is 1.21 bits per heavy atom. The van der Waals surface area contributed by atoms with E-state index in [9.17, 15) is 4.39 Å². The number of pyridine rings is 1. The van der Waals surface area contributed by atoms with Crippen LogP contribution >= 0.6 is 0 Å². The van der Waals surface area contributed by atoms with Crippen molar-refractivity contribution in [2.45, 2.75) is 26.8 Å². The molecule has 100 valence electrons. The van der Waals surface area contributed by atoms with Gasteiger partial charge < -0.3 is 5.32 Å². The molecule has 2 nitrogen and oxygen atoms in total. The summed E-state index contributed by atoms with van der Waals surface area (Å²) in [6.45, 7) is 6.82. The van der Waals surface area contributed by atoms with Crippen LogP contribution in [0.4, 0.5) is 4.39 Å². The van der Waals surface area contributed by atoms with Gasteiger partial charge in [-0.1, -0.05) is 25.1 Å². The standard InChI is InChI=1S/C16H19FN2/c1-4-18-16(13-6-5-7-14(17)10-13)15-9-8-11(2)19-12(15)3/h5-10,16,18H,4H2,1-3H3. The molecule has 0 aliphatic rings.